The molecule has 3 nitrogen and oxygen atoms in total. The normalized spacial score (nSPS) is 20.9. The molecule has 1 aromatic carbocycles. The Hall–Kier alpha value is -1.61. The number of imidazole rings is 1. The van der Waals surface area contributed by atoms with Gasteiger partial charge in [-0.3, -0.25) is 4.90 Å². The monoisotopic (exact) mass is 227 g/mol. The van der Waals surface area contributed by atoms with Gasteiger partial charge < -0.3 is 4.98 Å². The average molecular weight is 227 g/mol. The number of hydrogen-bond acceptors (Lipinski definition) is 2. The standard InChI is InChI=1S/C14H17N3/c1-17-9-5-8-13(17)14-15-10-12(16-14)11-6-3-2-4-7-11/h2-4,6-7,10,13H,5,8-9H2,1H3,(H,15,16)/t13-/m0/s1. The van der Waals surface area contributed by atoms with E-state index >= 15 is 0 Å². The van der Waals surface area contributed by atoms with Gasteiger partial charge in [0.25, 0.3) is 0 Å². The Bertz CT molecular complexity index is 489. The molecule has 0 saturated carbocycles. The van der Waals surface area contributed by atoms with Gasteiger partial charge in [-0.1, -0.05) is 30.3 Å². The maximum Gasteiger partial charge on any atom is 0.123 e. The second-order valence-corrected chi connectivity index (χ2v) is 4.69. The fourth-order valence-corrected chi connectivity index (χ4v) is 2.53. The highest BCUT2D eigenvalue weighted by Gasteiger charge is 2.24. The number of benzene rings is 1. The number of H-pyrrole nitrogens is 1. The molecule has 1 aliphatic heterocycles. The zero-order valence-corrected chi connectivity index (χ0v) is 10.1. The smallest absolute Gasteiger partial charge is 0.123 e. The van der Waals surface area contributed by atoms with Crippen molar-refractivity contribution < 1.29 is 0 Å². The third kappa shape index (κ3) is 1.98. The summed E-state index contributed by atoms with van der Waals surface area (Å²) in [5, 5.41) is 0. The molecule has 0 bridgehead atoms. The van der Waals surface area contributed by atoms with Crippen LogP contribution in [0.3, 0.4) is 0 Å². The Morgan fingerprint density at radius 1 is 1.29 bits per heavy atom. The van der Waals surface area contributed by atoms with Crippen molar-refractivity contribution in [3.63, 3.8) is 0 Å². The van der Waals surface area contributed by atoms with Gasteiger partial charge in [-0.15, -0.1) is 0 Å². The van der Waals surface area contributed by atoms with E-state index in [4.69, 9.17) is 0 Å². The van der Waals surface area contributed by atoms with Gasteiger partial charge >= 0.3 is 0 Å². The van der Waals surface area contributed by atoms with Crippen molar-refractivity contribution in [1.29, 1.82) is 0 Å². The summed E-state index contributed by atoms with van der Waals surface area (Å²) < 4.78 is 0. The summed E-state index contributed by atoms with van der Waals surface area (Å²) in [7, 11) is 2.17. The number of nitrogens with one attached hydrogen (secondary N) is 1. The van der Waals surface area contributed by atoms with E-state index in [-0.39, 0.29) is 0 Å². The minimum absolute atomic E-state index is 0.465. The molecule has 1 aromatic heterocycles. The average Bonchev–Trinajstić information content (AvgIpc) is 2.98. The zero-order chi connectivity index (χ0) is 11.7. The van der Waals surface area contributed by atoms with E-state index < -0.39 is 0 Å². The van der Waals surface area contributed by atoms with E-state index in [1.165, 1.54) is 24.9 Å². The van der Waals surface area contributed by atoms with Gasteiger partial charge in [-0.2, -0.15) is 0 Å². The van der Waals surface area contributed by atoms with Crippen LogP contribution in [0.25, 0.3) is 11.3 Å². The highest BCUT2D eigenvalue weighted by molar-refractivity contribution is 5.58. The zero-order valence-electron chi connectivity index (χ0n) is 10.1. The van der Waals surface area contributed by atoms with Crippen LogP contribution in [0.15, 0.2) is 36.5 Å². The number of hydrogen-bond donors (Lipinski definition) is 1. The van der Waals surface area contributed by atoms with Crippen molar-refractivity contribution in [2.45, 2.75) is 18.9 Å². The van der Waals surface area contributed by atoms with Crippen LogP contribution < -0.4 is 0 Å². The van der Waals surface area contributed by atoms with Gasteiger partial charge in [0.1, 0.15) is 5.82 Å². The van der Waals surface area contributed by atoms with E-state index in [1.807, 2.05) is 12.3 Å². The lowest BCUT2D eigenvalue weighted by molar-refractivity contribution is 0.307. The van der Waals surface area contributed by atoms with Crippen LogP contribution in [0.1, 0.15) is 24.7 Å². The number of likely N-dealkylation sites (tertiary alicyclic amines) is 1. The van der Waals surface area contributed by atoms with Crippen LogP contribution in [-0.4, -0.2) is 28.5 Å². The number of rotatable bonds is 2. The van der Waals surface area contributed by atoms with E-state index in [0.717, 1.165) is 11.5 Å². The van der Waals surface area contributed by atoms with Crippen molar-refractivity contribution in [1.82, 2.24) is 14.9 Å². The van der Waals surface area contributed by atoms with Crippen molar-refractivity contribution in [2.24, 2.45) is 0 Å². The van der Waals surface area contributed by atoms with Crippen molar-refractivity contribution in [2.75, 3.05) is 13.6 Å². The minimum Gasteiger partial charge on any atom is -0.341 e. The predicted octanol–water partition coefficient (Wildman–Crippen LogP) is 2.84. The van der Waals surface area contributed by atoms with E-state index in [9.17, 15) is 0 Å². The number of aromatic nitrogens is 2. The fraction of sp³-hybridized carbons (Fsp3) is 0.357. The summed E-state index contributed by atoms with van der Waals surface area (Å²) in [5.74, 6) is 1.10. The quantitative estimate of drug-likeness (QED) is 0.855. The van der Waals surface area contributed by atoms with Crippen molar-refractivity contribution in [3.8, 4) is 11.3 Å². The molecule has 3 heteroatoms. The summed E-state index contributed by atoms with van der Waals surface area (Å²) in [5.41, 5.74) is 2.31. The molecule has 0 aliphatic carbocycles. The van der Waals surface area contributed by atoms with Crippen LogP contribution in [0.5, 0.6) is 0 Å². The summed E-state index contributed by atoms with van der Waals surface area (Å²) in [6, 6.07) is 10.8. The highest BCUT2D eigenvalue weighted by atomic mass is 15.2. The molecule has 3 rings (SSSR count). The molecule has 0 radical (unpaired) electrons. The van der Waals surface area contributed by atoms with Crippen LogP contribution >= 0.6 is 0 Å². The van der Waals surface area contributed by atoms with Gasteiger partial charge in [0.15, 0.2) is 0 Å². The maximum atomic E-state index is 4.53. The van der Waals surface area contributed by atoms with Gasteiger partial charge in [0, 0.05) is 0 Å². The molecule has 0 spiro atoms. The second kappa shape index (κ2) is 4.34. The maximum absolute atomic E-state index is 4.53. The molecule has 88 valence electrons. The Morgan fingerprint density at radius 3 is 2.82 bits per heavy atom. The lowest BCUT2D eigenvalue weighted by Crippen LogP contribution is -2.18. The van der Waals surface area contributed by atoms with Crippen LogP contribution in [0, 0.1) is 0 Å². The fourth-order valence-electron chi connectivity index (χ4n) is 2.53. The predicted molar refractivity (Wildman–Crippen MR) is 68.6 cm³/mol. The van der Waals surface area contributed by atoms with Crippen LogP contribution in [0.2, 0.25) is 0 Å². The molecule has 1 saturated heterocycles. The first-order chi connectivity index (χ1) is 8.34. The van der Waals surface area contributed by atoms with Crippen molar-refractivity contribution in [3.05, 3.63) is 42.4 Å². The molecule has 1 fully saturated rings. The van der Waals surface area contributed by atoms with Crippen LogP contribution in [-0.2, 0) is 0 Å². The summed E-state index contributed by atoms with van der Waals surface area (Å²) in [6.07, 6.45) is 4.41. The number of nitrogens with zero attached hydrogens (tertiary/aromatic N) is 2. The molecule has 1 N–H and O–H groups in total. The van der Waals surface area contributed by atoms with Crippen LogP contribution in [0.4, 0.5) is 0 Å². The molecular formula is C14H17N3. The largest absolute Gasteiger partial charge is 0.341 e. The molecule has 2 heterocycles. The molecule has 2 aromatic rings. The summed E-state index contributed by atoms with van der Waals surface area (Å²) in [6.45, 7) is 1.17. The Morgan fingerprint density at radius 2 is 2.12 bits per heavy atom. The van der Waals surface area contributed by atoms with Crippen molar-refractivity contribution >= 4 is 0 Å². The molecule has 0 amide bonds. The van der Waals surface area contributed by atoms with E-state index in [1.54, 1.807) is 0 Å². The van der Waals surface area contributed by atoms with Gasteiger partial charge in [-0.05, 0) is 32.0 Å². The Kier molecular flexibility index (Phi) is 2.69. The summed E-state index contributed by atoms with van der Waals surface area (Å²) in [4.78, 5) is 10.3. The Balaban J connectivity index is 1.88. The van der Waals surface area contributed by atoms with Gasteiger partial charge in [0.05, 0.1) is 17.9 Å². The minimum atomic E-state index is 0.465. The third-order valence-electron chi connectivity index (χ3n) is 3.52. The Labute approximate surface area is 101 Å². The molecule has 17 heavy (non-hydrogen) atoms. The van der Waals surface area contributed by atoms with E-state index in [0.29, 0.717) is 6.04 Å². The first-order valence-corrected chi connectivity index (χ1v) is 6.15. The SMILES string of the molecule is CN1CCC[C@H]1c1ncc(-c2ccccc2)[nH]1. The lowest BCUT2D eigenvalue weighted by atomic mass is 10.2. The second-order valence-electron chi connectivity index (χ2n) is 4.69. The molecule has 1 aliphatic rings. The number of aromatic amines is 1. The molecule has 0 unspecified atom stereocenters. The molecule has 1 atom stereocenters. The van der Waals surface area contributed by atoms with E-state index in [2.05, 4.69) is 46.2 Å². The molecular weight excluding hydrogens is 210 g/mol. The lowest BCUT2D eigenvalue weighted by Gasteiger charge is -2.16. The van der Waals surface area contributed by atoms with Gasteiger partial charge in [0.2, 0.25) is 0 Å². The first kappa shape index (κ1) is 10.5. The highest BCUT2D eigenvalue weighted by Crippen LogP contribution is 2.29. The third-order valence-corrected chi connectivity index (χ3v) is 3.52. The van der Waals surface area contributed by atoms with Gasteiger partial charge in [-0.25, -0.2) is 4.98 Å². The summed E-state index contributed by atoms with van der Waals surface area (Å²) >= 11 is 0. The first-order valence-electron chi connectivity index (χ1n) is 6.15. The topological polar surface area (TPSA) is 31.9 Å².